The molecule has 4 rings (SSSR count). The molecular weight excluding hydrogens is 596 g/mol. The van der Waals surface area contributed by atoms with Crippen LogP contribution in [0.25, 0.3) is 0 Å². The molecule has 4 N–H and O–H groups in total. The van der Waals surface area contributed by atoms with Gasteiger partial charge in [0.2, 0.25) is 0 Å². The minimum Gasteiger partial charge on any atom is -0.464 e. The molecule has 3 aliphatic heterocycles. The van der Waals surface area contributed by atoms with Gasteiger partial charge in [0.25, 0.3) is 6.47 Å². The van der Waals surface area contributed by atoms with Crippen molar-refractivity contribution in [2.24, 2.45) is 23.6 Å². The molecule has 0 aromatic carbocycles. The van der Waals surface area contributed by atoms with Gasteiger partial charge in [-0.05, 0) is 108 Å². The Balaban J connectivity index is 0.000000386. The van der Waals surface area contributed by atoms with Gasteiger partial charge in [-0.25, -0.2) is 5.01 Å². The summed E-state index contributed by atoms with van der Waals surface area (Å²) in [5.41, 5.74) is -0.505. The Bertz CT molecular complexity index is 1070. The molecule has 3 unspecified atom stereocenters. The number of nitrogens with zero attached hydrogens (tertiary/aromatic N) is 1. The van der Waals surface area contributed by atoms with E-state index in [0.717, 1.165) is 38.5 Å². The van der Waals surface area contributed by atoms with E-state index >= 15 is 0 Å². The van der Waals surface area contributed by atoms with Crippen LogP contribution >= 0.6 is 0 Å². The summed E-state index contributed by atoms with van der Waals surface area (Å²) >= 11 is 0. The first-order valence-corrected chi connectivity index (χ1v) is 17.9. The first-order valence-electron chi connectivity index (χ1n) is 17.9. The Hall–Kier alpha value is -1.75. The Kier molecular flexibility index (Phi) is 12.0. The Labute approximate surface area is 285 Å². The molecule has 0 spiro atoms. The topological polar surface area (TPSA) is 132 Å². The highest BCUT2D eigenvalue weighted by atomic mass is 16.5. The molecule has 3 saturated heterocycles. The molecule has 0 amide bonds. The van der Waals surface area contributed by atoms with Gasteiger partial charge in [0.1, 0.15) is 18.3 Å². The molecule has 4 aliphatic rings. The molecule has 272 valence electrons. The number of carbonyl (C=O) groups excluding carboxylic acids is 3. The van der Waals surface area contributed by atoms with Crippen molar-refractivity contribution in [3.05, 3.63) is 0 Å². The van der Waals surface area contributed by atoms with Crippen LogP contribution in [0.5, 0.6) is 0 Å². The minimum atomic E-state index is -0.237. The van der Waals surface area contributed by atoms with E-state index in [2.05, 4.69) is 101 Å². The monoisotopic (exact) mass is 665 g/mol. The van der Waals surface area contributed by atoms with Crippen LogP contribution in [0.2, 0.25) is 0 Å². The van der Waals surface area contributed by atoms with Crippen molar-refractivity contribution in [2.75, 3.05) is 0 Å². The lowest BCUT2D eigenvalue weighted by atomic mass is 9.74. The van der Waals surface area contributed by atoms with E-state index in [-0.39, 0.29) is 81.2 Å². The molecule has 3 heterocycles. The Morgan fingerprint density at radius 1 is 0.660 bits per heavy atom. The van der Waals surface area contributed by atoms with E-state index in [0.29, 0.717) is 25.7 Å². The Morgan fingerprint density at radius 3 is 1.49 bits per heavy atom. The lowest BCUT2D eigenvalue weighted by Crippen LogP contribution is -2.65. The number of hydrogen-bond acceptors (Lipinski definition) is 10. The maximum Gasteiger partial charge on any atom is 0.309 e. The van der Waals surface area contributed by atoms with Gasteiger partial charge in [-0.2, -0.15) is 0 Å². The zero-order valence-corrected chi connectivity index (χ0v) is 31.9. The van der Waals surface area contributed by atoms with Crippen LogP contribution in [0.15, 0.2) is 0 Å². The first kappa shape index (κ1) is 39.7. The number of hydrazine groups is 1. The van der Waals surface area contributed by atoms with Crippen molar-refractivity contribution in [3.8, 4) is 0 Å². The van der Waals surface area contributed by atoms with Crippen molar-refractivity contribution in [1.82, 2.24) is 15.6 Å². The predicted octanol–water partition coefficient (Wildman–Crippen LogP) is 5.80. The van der Waals surface area contributed by atoms with Gasteiger partial charge >= 0.3 is 11.9 Å². The SMILES string of the molecule is CC1(C)CC(OC=O)CC(C)(C)N1.CC1CC(C(=O)OC2CC(C)(C)N(N)C(C)(C)C2)CCC1C(=O)OC1CC(C)(C)NC(C)(C)C1. The molecule has 1 saturated carbocycles. The Morgan fingerprint density at radius 2 is 1.06 bits per heavy atom. The summed E-state index contributed by atoms with van der Waals surface area (Å²) < 4.78 is 17.1. The lowest BCUT2D eigenvalue weighted by molar-refractivity contribution is -0.171. The summed E-state index contributed by atoms with van der Waals surface area (Å²) in [7, 11) is 0. The normalized spacial score (nSPS) is 31.8. The lowest BCUT2D eigenvalue weighted by Gasteiger charge is -2.52. The molecule has 10 nitrogen and oxygen atoms in total. The third-order valence-corrected chi connectivity index (χ3v) is 10.7. The summed E-state index contributed by atoms with van der Waals surface area (Å²) in [4.78, 5) is 36.4. The maximum atomic E-state index is 13.1. The van der Waals surface area contributed by atoms with E-state index in [1.807, 2.05) is 5.01 Å². The molecule has 0 bridgehead atoms. The van der Waals surface area contributed by atoms with Crippen molar-refractivity contribution >= 4 is 18.4 Å². The minimum absolute atomic E-state index is 0.0510. The van der Waals surface area contributed by atoms with Crippen molar-refractivity contribution in [1.29, 1.82) is 0 Å². The fourth-order valence-corrected chi connectivity index (χ4v) is 9.47. The molecular formula is C37H68N4O6. The molecule has 3 atom stereocenters. The third kappa shape index (κ3) is 11.1. The molecule has 1 aliphatic carbocycles. The van der Waals surface area contributed by atoms with Crippen LogP contribution in [0.4, 0.5) is 0 Å². The number of piperidine rings is 3. The van der Waals surface area contributed by atoms with E-state index in [1.165, 1.54) is 0 Å². The standard InChI is InChI=1S/C27H49N3O4.C10H19NO2/c1-17-12-18(22(31)33-20-15-26(6,7)30(28)27(8,9)16-20)10-11-21(17)23(32)34-19-13-24(2,3)29-25(4,5)14-19;1-9(2)5-8(13-7-12)6-10(3,4)11-9/h17-21,29H,10-16,28H2,1-9H3;7-8,11H,5-6H2,1-4H3. The smallest absolute Gasteiger partial charge is 0.309 e. The number of nitrogens with one attached hydrogen (secondary N) is 2. The zero-order chi connectivity index (χ0) is 35.8. The highest BCUT2D eigenvalue weighted by Crippen LogP contribution is 2.40. The highest BCUT2D eigenvalue weighted by molar-refractivity contribution is 5.75. The molecule has 4 fully saturated rings. The van der Waals surface area contributed by atoms with Crippen LogP contribution in [0.1, 0.15) is 148 Å². The number of nitrogens with two attached hydrogens (primary N) is 1. The number of hydrogen-bond donors (Lipinski definition) is 3. The number of esters is 2. The van der Waals surface area contributed by atoms with E-state index < -0.39 is 0 Å². The predicted molar refractivity (Wildman–Crippen MR) is 185 cm³/mol. The highest BCUT2D eigenvalue weighted by Gasteiger charge is 2.47. The van der Waals surface area contributed by atoms with Gasteiger partial charge in [-0.1, -0.05) is 6.92 Å². The number of rotatable bonds is 6. The third-order valence-electron chi connectivity index (χ3n) is 10.7. The van der Waals surface area contributed by atoms with Gasteiger partial charge in [0.15, 0.2) is 0 Å². The summed E-state index contributed by atoms with van der Waals surface area (Å²) in [6, 6.07) is 0. The molecule has 0 aromatic heterocycles. The van der Waals surface area contributed by atoms with Crippen LogP contribution in [0.3, 0.4) is 0 Å². The van der Waals surface area contributed by atoms with Gasteiger partial charge in [-0.15, -0.1) is 0 Å². The second-order valence-electron chi connectivity index (χ2n) is 19.1. The average molecular weight is 665 g/mol. The molecule has 47 heavy (non-hydrogen) atoms. The van der Waals surface area contributed by atoms with Crippen molar-refractivity contribution in [2.45, 2.75) is 199 Å². The van der Waals surface area contributed by atoms with Crippen LogP contribution in [0, 0.1) is 17.8 Å². The summed E-state index contributed by atoms with van der Waals surface area (Å²) in [6.45, 7) is 28.2. The van der Waals surface area contributed by atoms with E-state index in [4.69, 9.17) is 20.1 Å². The summed E-state index contributed by atoms with van der Waals surface area (Å²) in [5, 5.41) is 9.06. The fraction of sp³-hybridized carbons (Fsp3) is 0.919. The summed E-state index contributed by atoms with van der Waals surface area (Å²) in [5.74, 6) is 5.90. The quantitative estimate of drug-likeness (QED) is 0.139. The average Bonchev–Trinajstić information content (AvgIpc) is 2.83. The van der Waals surface area contributed by atoms with Gasteiger partial charge in [-0.3, -0.25) is 20.2 Å². The van der Waals surface area contributed by atoms with Gasteiger partial charge in [0.05, 0.1) is 11.8 Å². The second-order valence-corrected chi connectivity index (χ2v) is 19.1. The summed E-state index contributed by atoms with van der Waals surface area (Å²) in [6.07, 6.45) is 6.70. The van der Waals surface area contributed by atoms with Gasteiger partial charge in [0, 0.05) is 71.8 Å². The van der Waals surface area contributed by atoms with E-state index in [9.17, 15) is 14.4 Å². The molecule has 0 radical (unpaired) electrons. The maximum absolute atomic E-state index is 13.1. The largest absolute Gasteiger partial charge is 0.464 e. The molecule has 10 heteroatoms. The van der Waals surface area contributed by atoms with Crippen LogP contribution in [-0.2, 0) is 28.6 Å². The van der Waals surface area contributed by atoms with E-state index in [1.54, 1.807) is 0 Å². The fourth-order valence-electron chi connectivity index (χ4n) is 9.47. The van der Waals surface area contributed by atoms with Crippen molar-refractivity contribution < 1.29 is 28.6 Å². The van der Waals surface area contributed by atoms with Gasteiger partial charge < -0.3 is 24.8 Å². The first-order chi connectivity index (χ1) is 21.3. The molecule has 0 aromatic rings. The van der Waals surface area contributed by atoms with Crippen LogP contribution in [-0.4, -0.2) is 75.0 Å². The second kappa shape index (κ2) is 14.2. The number of ether oxygens (including phenoxy) is 3. The van der Waals surface area contributed by atoms with Crippen molar-refractivity contribution in [3.63, 3.8) is 0 Å². The van der Waals surface area contributed by atoms with Crippen LogP contribution < -0.4 is 16.5 Å². The zero-order valence-electron chi connectivity index (χ0n) is 31.9. The number of carbonyl (C=O) groups is 3.